The first kappa shape index (κ1) is 17.0. The fourth-order valence-corrected chi connectivity index (χ4v) is 2.72. The standard InChI is InChI=1S/C15H24O4S/c1-3-4-5-6-7-8-11-19-14-10-9-13(2)12-15(14)20(16,17)18/h9-10,12H,3-8,11H2,1-2H3,(H,16,17,18). The van der Waals surface area contributed by atoms with Crippen LogP contribution in [0, 0.1) is 6.92 Å². The van der Waals surface area contributed by atoms with Crippen LogP contribution in [0.3, 0.4) is 0 Å². The molecule has 0 aromatic heterocycles. The predicted octanol–water partition coefficient (Wildman–Crippen LogP) is 3.98. The number of aryl methyl sites for hydroxylation is 1. The van der Waals surface area contributed by atoms with Gasteiger partial charge in [0.1, 0.15) is 10.6 Å². The fraction of sp³-hybridized carbons (Fsp3) is 0.600. The van der Waals surface area contributed by atoms with Crippen molar-refractivity contribution < 1.29 is 17.7 Å². The third kappa shape index (κ3) is 5.92. The van der Waals surface area contributed by atoms with Gasteiger partial charge in [-0.1, -0.05) is 45.1 Å². The summed E-state index contributed by atoms with van der Waals surface area (Å²) in [6, 6.07) is 4.78. The zero-order valence-electron chi connectivity index (χ0n) is 12.3. The van der Waals surface area contributed by atoms with Crippen LogP contribution in [-0.2, 0) is 10.1 Å². The molecule has 0 atom stereocenters. The molecule has 0 unspecified atom stereocenters. The van der Waals surface area contributed by atoms with Gasteiger partial charge < -0.3 is 4.74 Å². The second kappa shape index (κ2) is 8.27. The molecule has 0 heterocycles. The number of benzene rings is 1. The Kier molecular flexibility index (Phi) is 7.02. The summed E-state index contributed by atoms with van der Waals surface area (Å²) in [6.45, 7) is 4.42. The third-order valence-electron chi connectivity index (χ3n) is 3.13. The molecule has 0 spiro atoms. The van der Waals surface area contributed by atoms with Gasteiger partial charge in [-0.3, -0.25) is 4.55 Å². The first-order chi connectivity index (χ1) is 9.45. The van der Waals surface area contributed by atoms with Crippen LogP contribution in [0.1, 0.15) is 51.0 Å². The average Bonchev–Trinajstić information content (AvgIpc) is 2.38. The van der Waals surface area contributed by atoms with E-state index in [1.807, 2.05) is 0 Å². The summed E-state index contributed by atoms with van der Waals surface area (Å²) in [4.78, 5) is -0.150. The van der Waals surface area contributed by atoms with Crippen molar-refractivity contribution in [2.24, 2.45) is 0 Å². The zero-order chi connectivity index (χ0) is 15.0. The highest BCUT2D eigenvalue weighted by Gasteiger charge is 2.16. The van der Waals surface area contributed by atoms with Crippen LogP contribution >= 0.6 is 0 Å². The van der Waals surface area contributed by atoms with Crippen LogP contribution in [0.4, 0.5) is 0 Å². The largest absolute Gasteiger partial charge is 0.492 e. The van der Waals surface area contributed by atoms with Crippen molar-refractivity contribution in [1.29, 1.82) is 0 Å². The highest BCUT2D eigenvalue weighted by Crippen LogP contribution is 2.25. The molecule has 0 aliphatic heterocycles. The normalized spacial score (nSPS) is 11.6. The Morgan fingerprint density at radius 1 is 1.10 bits per heavy atom. The van der Waals surface area contributed by atoms with Crippen molar-refractivity contribution in [3.63, 3.8) is 0 Å². The van der Waals surface area contributed by atoms with Gasteiger partial charge >= 0.3 is 0 Å². The number of ether oxygens (including phenoxy) is 1. The van der Waals surface area contributed by atoms with Crippen molar-refractivity contribution in [3.8, 4) is 5.75 Å². The van der Waals surface area contributed by atoms with E-state index in [9.17, 15) is 13.0 Å². The lowest BCUT2D eigenvalue weighted by molar-refractivity contribution is 0.295. The van der Waals surface area contributed by atoms with Gasteiger partial charge in [-0.05, 0) is 31.0 Å². The van der Waals surface area contributed by atoms with Crippen LogP contribution in [0.5, 0.6) is 5.75 Å². The van der Waals surface area contributed by atoms with Crippen LogP contribution in [0.25, 0.3) is 0 Å². The summed E-state index contributed by atoms with van der Waals surface area (Å²) in [5, 5.41) is 0. The summed E-state index contributed by atoms with van der Waals surface area (Å²) < 4.78 is 37.2. The summed E-state index contributed by atoms with van der Waals surface area (Å²) in [6.07, 6.45) is 6.85. The van der Waals surface area contributed by atoms with Gasteiger partial charge in [0.05, 0.1) is 6.61 Å². The number of unbranched alkanes of at least 4 members (excludes halogenated alkanes) is 5. The molecule has 1 aromatic rings. The van der Waals surface area contributed by atoms with Gasteiger partial charge in [0.2, 0.25) is 0 Å². The minimum Gasteiger partial charge on any atom is -0.492 e. The van der Waals surface area contributed by atoms with Gasteiger partial charge in [0, 0.05) is 0 Å². The summed E-state index contributed by atoms with van der Waals surface area (Å²) >= 11 is 0. The minimum atomic E-state index is -4.24. The molecule has 0 radical (unpaired) electrons. The van der Waals surface area contributed by atoms with Gasteiger partial charge in [-0.2, -0.15) is 8.42 Å². The van der Waals surface area contributed by atoms with Gasteiger partial charge in [-0.25, -0.2) is 0 Å². The van der Waals surface area contributed by atoms with Crippen molar-refractivity contribution in [3.05, 3.63) is 23.8 Å². The van der Waals surface area contributed by atoms with E-state index in [0.717, 1.165) is 18.4 Å². The summed E-state index contributed by atoms with van der Waals surface area (Å²) in [5.74, 6) is 0.228. The molecule has 5 heteroatoms. The van der Waals surface area contributed by atoms with E-state index in [2.05, 4.69) is 6.92 Å². The monoisotopic (exact) mass is 300 g/mol. The van der Waals surface area contributed by atoms with E-state index < -0.39 is 10.1 Å². The summed E-state index contributed by atoms with van der Waals surface area (Å²) in [7, 11) is -4.24. The van der Waals surface area contributed by atoms with Crippen LogP contribution in [0.15, 0.2) is 23.1 Å². The first-order valence-corrected chi connectivity index (χ1v) is 8.60. The molecule has 0 saturated carbocycles. The Morgan fingerprint density at radius 2 is 1.75 bits per heavy atom. The van der Waals surface area contributed by atoms with Crippen molar-refractivity contribution in [1.82, 2.24) is 0 Å². The molecule has 0 bridgehead atoms. The molecular weight excluding hydrogens is 276 g/mol. The summed E-state index contributed by atoms with van der Waals surface area (Å²) in [5.41, 5.74) is 0.768. The SMILES string of the molecule is CCCCCCCCOc1ccc(C)cc1S(=O)(=O)O. The lowest BCUT2D eigenvalue weighted by Gasteiger charge is -2.10. The maximum atomic E-state index is 11.3. The molecule has 1 aromatic carbocycles. The van der Waals surface area contributed by atoms with Gasteiger partial charge in [0.25, 0.3) is 10.1 Å². The van der Waals surface area contributed by atoms with E-state index in [4.69, 9.17) is 4.74 Å². The predicted molar refractivity (Wildman–Crippen MR) is 79.9 cm³/mol. The maximum absolute atomic E-state index is 11.3. The third-order valence-corrected chi connectivity index (χ3v) is 4.01. The lowest BCUT2D eigenvalue weighted by Crippen LogP contribution is -2.05. The van der Waals surface area contributed by atoms with Crippen molar-refractivity contribution in [2.75, 3.05) is 6.61 Å². The molecule has 1 rings (SSSR count). The molecule has 4 nitrogen and oxygen atoms in total. The number of hydrogen-bond acceptors (Lipinski definition) is 3. The van der Waals surface area contributed by atoms with Gasteiger partial charge in [-0.15, -0.1) is 0 Å². The molecule has 0 fully saturated rings. The quantitative estimate of drug-likeness (QED) is 0.553. The Morgan fingerprint density at radius 3 is 2.40 bits per heavy atom. The smallest absolute Gasteiger partial charge is 0.298 e. The van der Waals surface area contributed by atoms with E-state index in [1.165, 1.54) is 31.7 Å². The van der Waals surface area contributed by atoms with Crippen LogP contribution in [0.2, 0.25) is 0 Å². The Labute approximate surface area is 121 Å². The van der Waals surface area contributed by atoms with E-state index in [-0.39, 0.29) is 10.6 Å². The molecular formula is C15H24O4S. The highest BCUT2D eigenvalue weighted by molar-refractivity contribution is 7.86. The maximum Gasteiger partial charge on any atom is 0.298 e. The van der Waals surface area contributed by atoms with E-state index >= 15 is 0 Å². The molecule has 0 saturated heterocycles. The topological polar surface area (TPSA) is 63.6 Å². The van der Waals surface area contributed by atoms with Crippen molar-refractivity contribution >= 4 is 10.1 Å². The molecule has 20 heavy (non-hydrogen) atoms. The second-order valence-electron chi connectivity index (χ2n) is 5.04. The molecule has 0 amide bonds. The molecule has 0 aliphatic rings. The Hall–Kier alpha value is -1.07. The van der Waals surface area contributed by atoms with Crippen LogP contribution in [-0.4, -0.2) is 19.6 Å². The molecule has 114 valence electrons. The number of rotatable bonds is 9. The van der Waals surface area contributed by atoms with Crippen molar-refractivity contribution in [2.45, 2.75) is 57.3 Å². The molecule has 1 N–H and O–H groups in total. The molecule has 0 aliphatic carbocycles. The first-order valence-electron chi connectivity index (χ1n) is 7.16. The lowest BCUT2D eigenvalue weighted by atomic mass is 10.1. The Balaban J connectivity index is 2.48. The minimum absolute atomic E-state index is 0.150. The highest BCUT2D eigenvalue weighted by atomic mass is 32.2. The van der Waals surface area contributed by atoms with Gasteiger partial charge in [0.15, 0.2) is 0 Å². The van der Waals surface area contributed by atoms with E-state index in [1.54, 1.807) is 19.1 Å². The fourth-order valence-electron chi connectivity index (χ4n) is 2.00. The number of hydrogen-bond donors (Lipinski definition) is 1. The zero-order valence-corrected chi connectivity index (χ0v) is 13.1. The average molecular weight is 300 g/mol. The Bertz CT molecular complexity index is 509. The van der Waals surface area contributed by atoms with Crippen LogP contribution < -0.4 is 4.74 Å². The second-order valence-corrected chi connectivity index (χ2v) is 6.43. The van der Waals surface area contributed by atoms with E-state index in [0.29, 0.717) is 6.61 Å².